The molecule has 28 heavy (non-hydrogen) atoms. The molecule has 3 N–H and O–H groups in total. The summed E-state index contributed by atoms with van der Waals surface area (Å²) in [6.45, 7) is 4.51. The maximum Gasteiger partial charge on any atom is 0.329 e. The van der Waals surface area contributed by atoms with Crippen LogP contribution in [0.15, 0.2) is 32.9 Å². The minimum absolute atomic E-state index is 0.0134. The fourth-order valence-electron chi connectivity index (χ4n) is 2.78. The Morgan fingerprint density at radius 1 is 1.39 bits per heavy atom. The van der Waals surface area contributed by atoms with Crippen molar-refractivity contribution in [3.63, 3.8) is 0 Å². The molecule has 3 rings (SSSR count). The Hall–Kier alpha value is -3.56. The van der Waals surface area contributed by atoms with Crippen molar-refractivity contribution in [2.24, 2.45) is 18.1 Å². The van der Waals surface area contributed by atoms with E-state index in [1.807, 2.05) is 13.8 Å². The van der Waals surface area contributed by atoms with Crippen molar-refractivity contribution in [2.75, 3.05) is 12.5 Å². The summed E-state index contributed by atoms with van der Waals surface area (Å²) in [5.74, 6) is 1.09. The normalized spacial score (nSPS) is 11.6. The van der Waals surface area contributed by atoms with Gasteiger partial charge in [-0.2, -0.15) is 10.1 Å². The highest BCUT2D eigenvalue weighted by Crippen LogP contribution is 2.22. The Labute approximate surface area is 160 Å². The predicted octanol–water partition coefficient (Wildman–Crippen LogP) is 1.24. The van der Waals surface area contributed by atoms with Gasteiger partial charge in [-0.1, -0.05) is 13.8 Å². The fourth-order valence-corrected chi connectivity index (χ4v) is 2.78. The summed E-state index contributed by atoms with van der Waals surface area (Å²) in [6, 6.07) is 4.83. The summed E-state index contributed by atoms with van der Waals surface area (Å²) in [5, 5.41) is 14.1. The smallest absolute Gasteiger partial charge is 0.329 e. The van der Waals surface area contributed by atoms with E-state index in [1.165, 1.54) is 31.0 Å². The number of hydrogen-bond acceptors (Lipinski definition) is 7. The zero-order valence-electron chi connectivity index (χ0n) is 16.1. The fraction of sp³-hybridized carbons (Fsp3) is 0.333. The maximum absolute atomic E-state index is 12.3. The third-order valence-corrected chi connectivity index (χ3v) is 4.16. The Balaban J connectivity index is 2.00. The van der Waals surface area contributed by atoms with Gasteiger partial charge >= 0.3 is 5.69 Å². The second-order valence-corrected chi connectivity index (χ2v) is 6.73. The molecule has 0 atom stereocenters. The number of benzene rings is 1. The minimum Gasteiger partial charge on any atom is -0.507 e. The summed E-state index contributed by atoms with van der Waals surface area (Å²) in [7, 11) is 3.05. The van der Waals surface area contributed by atoms with Crippen LogP contribution in [0.25, 0.3) is 11.2 Å². The van der Waals surface area contributed by atoms with Crippen LogP contribution in [0.5, 0.6) is 11.5 Å². The number of ether oxygens (including phenoxy) is 1. The molecule has 0 amide bonds. The van der Waals surface area contributed by atoms with Crippen LogP contribution in [0.3, 0.4) is 0 Å². The maximum atomic E-state index is 12.3. The number of hydrogen-bond donors (Lipinski definition) is 3. The summed E-state index contributed by atoms with van der Waals surface area (Å²) in [4.78, 5) is 30.8. The summed E-state index contributed by atoms with van der Waals surface area (Å²) >= 11 is 0. The first kappa shape index (κ1) is 19.2. The van der Waals surface area contributed by atoms with E-state index < -0.39 is 11.2 Å². The quantitative estimate of drug-likeness (QED) is 0.432. The van der Waals surface area contributed by atoms with Crippen molar-refractivity contribution >= 4 is 23.3 Å². The highest BCUT2D eigenvalue weighted by Gasteiger charge is 2.17. The number of aromatic hydroxyl groups is 1. The monoisotopic (exact) mass is 386 g/mol. The molecule has 0 spiro atoms. The molecule has 0 saturated heterocycles. The molecule has 148 valence electrons. The number of aryl methyl sites for hydroxylation is 1. The number of aromatic amines is 1. The molecule has 1 aromatic carbocycles. The molecule has 0 aliphatic rings. The zero-order chi connectivity index (χ0) is 20.4. The van der Waals surface area contributed by atoms with Gasteiger partial charge in [0.1, 0.15) is 11.5 Å². The third kappa shape index (κ3) is 3.61. The first-order chi connectivity index (χ1) is 13.3. The number of nitrogens with one attached hydrogen (secondary N) is 2. The van der Waals surface area contributed by atoms with Gasteiger partial charge in [0.05, 0.1) is 13.3 Å². The molecule has 0 aliphatic carbocycles. The lowest BCUT2D eigenvalue weighted by Crippen LogP contribution is -2.29. The zero-order valence-corrected chi connectivity index (χ0v) is 16.1. The largest absolute Gasteiger partial charge is 0.507 e. The number of methoxy groups -OCH3 is 1. The topological polar surface area (TPSA) is 127 Å². The van der Waals surface area contributed by atoms with E-state index in [-0.39, 0.29) is 17.3 Å². The van der Waals surface area contributed by atoms with Crippen LogP contribution in [0.2, 0.25) is 0 Å². The molecule has 2 heterocycles. The average molecular weight is 386 g/mol. The molecule has 0 radical (unpaired) electrons. The van der Waals surface area contributed by atoms with Crippen molar-refractivity contribution < 1.29 is 9.84 Å². The molecular formula is C18H22N6O4. The number of imidazole rings is 1. The number of anilines is 1. The van der Waals surface area contributed by atoms with Gasteiger partial charge in [0.15, 0.2) is 11.2 Å². The van der Waals surface area contributed by atoms with Gasteiger partial charge in [-0.25, -0.2) is 10.2 Å². The van der Waals surface area contributed by atoms with Crippen LogP contribution in [-0.2, 0) is 13.6 Å². The van der Waals surface area contributed by atoms with Crippen LogP contribution < -0.4 is 21.4 Å². The van der Waals surface area contributed by atoms with Crippen molar-refractivity contribution in [3.05, 3.63) is 44.6 Å². The molecule has 0 bridgehead atoms. The summed E-state index contributed by atoms with van der Waals surface area (Å²) in [6.07, 6.45) is 1.43. The number of nitrogens with zero attached hydrogens (tertiary/aromatic N) is 4. The lowest BCUT2D eigenvalue weighted by atomic mass is 10.2. The van der Waals surface area contributed by atoms with Crippen molar-refractivity contribution in [2.45, 2.75) is 20.4 Å². The Morgan fingerprint density at radius 3 is 2.79 bits per heavy atom. The second-order valence-electron chi connectivity index (χ2n) is 6.73. The van der Waals surface area contributed by atoms with Gasteiger partial charge in [0, 0.05) is 25.2 Å². The lowest BCUT2D eigenvalue weighted by Gasteiger charge is -2.10. The van der Waals surface area contributed by atoms with Crippen LogP contribution >= 0.6 is 0 Å². The van der Waals surface area contributed by atoms with Gasteiger partial charge in [-0.15, -0.1) is 0 Å². The van der Waals surface area contributed by atoms with E-state index in [0.29, 0.717) is 29.3 Å². The van der Waals surface area contributed by atoms with Crippen LogP contribution in [-0.4, -0.2) is 37.5 Å². The van der Waals surface area contributed by atoms with E-state index in [1.54, 1.807) is 16.7 Å². The van der Waals surface area contributed by atoms with Crippen molar-refractivity contribution in [1.82, 2.24) is 19.1 Å². The number of H-pyrrole nitrogens is 1. The molecule has 0 fully saturated rings. The number of aromatic nitrogens is 4. The second kappa shape index (κ2) is 7.59. The SMILES string of the molecule is COc1ccc(/C=N\Nc2nc3c(c(=O)[nH]c(=O)n3C)n2CC(C)C)c(O)c1. The molecule has 2 aromatic heterocycles. The van der Waals surface area contributed by atoms with E-state index in [4.69, 9.17) is 4.74 Å². The van der Waals surface area contributed by atoms with Gasteiger partial charge < -0.3 is 14.4 Å². The number of phenols is 1. The predicted molar refractivity (Wildman–Crippen MR) is 106 cm³/mol. The average Bonchev–Trinajstić information content (AvgIpc) is 2.99. The van der Waals surface area contributed by atoms with E-state index >= 15 is 0 Å². The van der Waals surface area contributed by atoms with Gasteiger partial charge in [-0.3, -0.25) is 14.3 Å². The van der Waals surface area contributed by atoms with Crippen LogP contribution in [0.1, 0.15) is 19.4 Å². The number of rotatable bonds is 6. The third-order valence-electron chi connectivity index (χ3n) is 4.16. The standard InChI is InChI=1S/C18H22N6O4/c1-10(2)9-24-14-15(23(3)18(27)21-16(14)26)20-17(24)22-19-8-11-5-6-12(28-4)7-13(11)25/h5-8,10,25H,9H2,1-4H3,(H,20,22)(H,21,26,27)/b19-8-. The highest BCUT2D eigenvalue weighted by molar-refractivity contribution is 5.84. The van der Waals surface area contributed by atoms with Gasteiger partial charge in [0.25, 0.3) is 5.56 Å². The molecular weight excluding hydrogens is 364 g/mol. The minimum atomic E-state index is -0.537. The Bertz CT molecular complexity index is 1160. The van der Waals surface area contributed by atoms with E-state index in [9.17, 15) is 14.7 Å². The summed E-state index contributed by atoms with van der Waals surface area (Å²) in [5.41, 5.74) is 2.79. The molecule has 0 unspecified atom stereocenters. The molecule has 3 aromatic rings. The van der Waals surface area contributed by atoms with Crippen molar-refractivity contribution in [1.29, 1.82) is 0 Å². The number of phenolic OH excluding ortho intramolecular Hbond substituents is 1. The number of hydrazone groups is 1. The Kier molecular flexibility index (Phi) is 5.21. The van der Waals surface area contributed by atoms with Crippen LogP contribution in [0, 0.1) is 5.92 Å². The first-order valence-electron chi connectivity index (χ1n) is 8.67. The summed E-state index contributed by atoms with van der Waals surface area (Å²) < 4.78 is 8.01. The molecule has 10 nitrogen and oxygen atoms in total. The van der Waals surface area contributed by atoms with Crippen LogP contribution in [0.4, 0.5) is 5.95 Å². The highest BCUT2D eigenvalue weighted by atomic mass is 16.5. The van der Waals surface area contributed by atoms with E-state index in [2.05, 4.69) is 20.5 Å². The Morgan fingerprint density at radius 2 is 2.14 bits per heavy atom. The van der Waals surface area contributed by atoms with Gasteiger partial charge in [0.2, 0.25) is 5.95 Å². The molecule has 0 saturated carbocycles. The van der Waals surface area contributed by atoms with Crippen molar-refractivity contribution in [3.8, 4) is 11.5 Å². The number of fused-ring (bicyclic) bond motifs is 1. The molecule has 10 heteroatoms. The van der Waals surface area contributed by atoms with E-state index in [0.717, 1.165) is 0 Å². The van der Waals surface area contributed by atoms with Gasteiger partial charge in [-0.05, 0) is 18.1 Å². The first-order valence-corrected chi connectivity index (χ1v) is 8.67. The lowest BCUT2D eigenvalue weighted by molar-refractivity contribution is 0.407. The molecule has 0 aliphatic heterocycles.